The van der Waals surface area contributed by atoms with E-state index in [1.807, 2.05) is 0 Å². The predicted octanol–water partition coefficient (Wildman–Crippen LogP) is 5.76. The zero-order chi connectivity index (χ0) is 24.5. The Morgan fingerprint density at radius 2 is 2.09 bits per heavy atom. The number of allylic oxidation sites excluding steroid dienone is 7. The van der Waals surface area contributed by atoms with Gasteiger partial charge in [0, 0.05) is 24.2 Å². The monoisotopic (exact) mass is 476 g/mol. The van der Waals surface area contributed by atoms with Gasteiger partial charge in [-0.25, -0.2) is 9.18 Å². The molecule has 0 spiro atoms. The molecule has 1 heterocycles. The number of alkyl halides is 3. The Kier molecular flexibility index (Phi) is 6.52. The Hall–Kier alpha value is -3.53. The molecule has 0 saturated heterocycles. The van der Waals surface area contributed by atoms with E-state index in [2.05, 4.69) is 10.1 Å². The van der Waals surface area contributed by atoms with E-state index >= 15 is 0 Å². The number of carboxylic acid groups (broad SMARTS) is 1. The highest BCUT2D eigenvalue weighted by Crippen LogP contribution is 2.42. The van der Waals surface area contributed by atoms with Gasteiger partial charge >= 0.3 is 12.1 Å². The van der Waals surface area contributed by atoms with Gasteiger partial charge in [0.15, 0.2) is 0 Å². The van der Waals surface area contributed by atoms with Crippen LogP contribution in [-0.4, -0.2) is 41.1 Å². The van der Waals surface area contributed by atoms with Crippen LogP contribution < -0.4 is 0 Å². The summed E-state index contributed by atoms with van der Waals surface area (Å²) in [5, 5.41) is 12.8. The molecule has 0 amide bonds. The molecule has 0 radical (unpaired) electrons. The number of aromatic nitrogens is 2. The molecule has 1 atom stereocenters. The first-order valence-corrected chi connectivity index (χ1v) is 10.4. The Morgan fingerprint density at radius 1 is 1.29 bits per heavy atom. The van der Waals surface area contributed by atoms with Gasteiger partial charge in [-0.2, -0.15) is 18.2 Å². The summed E-state index contributed by atoms with van der Waals surface area (Å²) in [7, 11) is 1.48. The fraction of sp³-hybridized carbons (Fsp3) is 0.292. The molecular formula is C24H20F4N2O4. The summed E-state index contributed by atoms with van der Waals surface area (Å²) in [6.07, 6.45) is 2.58. The van der Waals surface area contributed by atoms with Crippen LogP contribution in [0.3, 0.4) is 0 Å². The van der Waals surface area contributed by atoms with E-state index in [1.54, 1.807) is 12.2 Å². The molecule has 0 aliphatic heterocycles. The van der Waals surface area contributed by atoms with Gasteiger partial charge < -0.3 is 14.4 Å². The topological polar surface area (TPSA) is 85.5 Å². The van der Waals surface area contributed by atoms with E-state index in [0.29, 0.717) is 24.0 Å². The molecule has 4 rings (SSSR count). The lowest BCUT2D eigenvalue weighted by Crippen LogP contribution is -2.21. The Bertz CT molecular complexity index is 1240. The highest BCUT2D eigenvalue weighted by Gasteiger charge is 2.37. The van der Waals surface area contributed by atoms with Crippen molar-refractivity contribution in [2.75, 3.05) is 13.7 Å². The Labute approximate surface area is 191 Å². The Morgan fingerprint density at radius 3 is 2.76 bits per heavy atom. The lowest BCUT2D eigenvalue weighted by atomic mass is 9.79. The third-order valence-corrected chi connectivity index (χ3v) is 5.72. The van der Waals surface area contributed by atoms with Crippen molar-refractivity contribution in [3.05, 3.63) is 76.5 Å². The van der Waals surface area contributed by atoms with Crippen molar-refractivity contribution < 1.29 is 36.7 Å². The zero-order valence-electron chi connectivity index (χ0n) is 18.0. The van der Waals surface area contributed by atoms with Crippen LogP contribution in [0.1, 0.15) is 35.5 Å². The largest absolute Gasteiger partial charge is 0.478 e. The van der Waals surface area contributed by atoms with Crippen molar-refractivity contribution in [2.45, 2.75) is 25.4 Å². The van der Waals surface area contributed by atoms with E-state index in [1.165, 1.54) is 19.3 Å². The minimum absolute atomic E-state index is 0.0595. The molecule has 2 aliphatic rings. The second kappa shape index (κ2) is 9.38. The molecule has 178 valence electrons. The van der Waals surface area contributed by atoms with Crippen LogP contribution in [0.25, 0.3) is 17.0 Å². The van der Waals surface area contributed by atoms with Crippen molar-refractivity contribution in [1.82, 2.24) is 10.1 Å². The SMILES string of the molecule is COCC1CC(c2nc(-c3ccc(C(=O)O)c(F)c3)no2)=CC=C1C1=C(C(F)(F)F)C=CCC1. The molecule has 6 nitrogen and oxygen atoms in total. The van der Waals surface area contributed by atoms with Gasteiger partial charge in [-0.3, -0.25) is 0 Å². The zero-order valence-corrected chi connectivity index (χ0v) is 18.0. The number of carbonyl (C=O) groups is 1. The minimum atomic E-state index is -4.46. The number of aromatic carboxylic acids is 1. The lowest BCUT2D eigenvalue weighted by Gasteiger charge is -2.28. The molecule has 0 saturated carbocycles. The summed E-state index contributed by atoms with van der Waals surface area (Å²) >= 11 is 0. The summed E-state index contributed by atoms with van der Waals surface area (Å²) in [6.45, 7) is 0.199. The number of nitrogens with zero attached hydrogens (tertiary/aromatic N) is 2. The van der Waals surface area contributed by atoms with Gasteiger partial charge in [0.25, 0.3) is 5.89 Å². The van der Waals surface area contributed by atoms with Crippen LogP contribution >= 0.6 is 0 Å². The van der Waals surface area contributed by atoms with Gasteiger partial charge in [0.05, 0.1) is 17.7 Å². The van der Waals surface area contributed by atoms with Crippen LogP contribution in [0.15, 0.2) is 63.7 Å². The van der Waals surface area contributed by atoms with Crippen molar-refractivity contribution in [1.29, 1.82) is 0 Å². The molecule has 0 bridgehead atoms. The minimum Gasteiger partial charge on any atom is -0.478 e. The summed E-state index contributed by atoms with van der Waals surface area (Å²) in [6, 6.07) is 3.47. The number of hydrogen-bond acceptors (Lipinski definition) is 5. The van der Waals surface area contributed by atoms with Crippen LogP contribution in [0.5, 0.6) is 0 Å². The highest BCUT2D eigenvalue weighted by molar-refractivity contribution is 5.88. The molecule has 1 unspecified atom stereocenters. The number of hydrogen-bond donors (Lipinski definition) is 1. The number of methoxy groups -OCH3 is 1. The molecule has 2 aliphatic carbocycles. The molecule has 1 aromatic carbocycles. The van der Waals surface area contributed by atoms with Crippen LogP contribution in [-0.2, 0) is 4.74 Å². The molecule has 2 aromatic rings. The van der Waals surface area contributed by atoms with E-state index in [-0.39, 0.29) is 41.8 Å². The molecule has 1 N–H and O–H groups in total. The smallest absolute Gasteiger partial charge is 0.416 e. The van der Waals surface area contributed by atoms with Gasteiger partial charge in [0.1, 0.15) is 5.82 Å². The van der Waals surface area contributed by atoms with Crippen LogP contribution in [0.4, 0.5) is 17.6 Å². The summed E-state index contributed by atoms with van der Waals surface area (Å²) in [5.41, 5.74) is 0.531. The maximum absolute atomic E-state index is 14.0. The Balaban J connectivity index is 1.67. The quantitative estimate of drug-likeness (QED) is 0.534. The summed E-state index contributed by atoms with van der Waals surface area (Å²) in [4.78, 5) is 15.3. The van der Waals surface area contributed by atoms with E-state index in [4.69, 9.17) is 14.4 Å². The molecule has 34 heavy (non-hydrogen) atoms. The molecular weight excluding hydrogens is 456 g/mol. The van der Waals surface area contributed by atoms with Crippen molar-refractivity contribution in [3.63, 3.8) is 0 Å². The maximum atomic E-state index is 14.0. The highest BCUT2D eigenvalue weighted by atomic mass is 19.4. The average Bonchev–Trinajstić information content (AvgIpc) is 3.29. The number of benzene rings is 1. The first-order chi connectivity index (χ1) is 16.2. The van der Waals surface area contributed by atoms with Gasteiger partial charge in [-0.1, -0.05) is 29.5 Å². The van der Waals surface area contributed by atoms with Crippen LogP contribution in [0.2, 0.25) is 0 Å². The predicted molar refractivity (Wildman–Crippen MR) is 114 cm³/mol. The van der Waals surface area contributed by atoms with E-state index < -0.39 is 29.1 Å². The standard InChI is InChI=1S/C24H20F4N2O4/c1-33-12-15-10-14(7-8-16(15)17-4-2-3-5-19(17)24(26,27)28)22-29-21(30-34-22)13-6-9-18(23(31)32)20(25)11-13/h3,5-9,11,15H,2,4,10,12H2,1H3,(H,31,32). The fourth-order valence-electron chi connectivity index (χ4n) is 4.15. The van der Waals surface area contributed by atoms with Gasteiger partial charge in [-0.05, 0) is 48.6 Å². The van der Waals surface area contributed by atoms with Crippen molar-refractivity contribution >= 4 is 11.5 Å². The molecule has 10 heteroatoms. The van der Waals surface area contributed by atoms with E-state index in [9.17, 15) is 22.4 Å². The third kappa shape index (κ3) is 4.72. The summed E-state index contributed by atoms with van der Waals surface area (Å²) in [5.74, 6) is -2.48. The van der Waals surface area contributed by atoms with Crippen molar-refractivity contribution in [2.24, 2.45) is 5.92 Å². The maximum Gasteiger partial charge on any atom is 0.416 e. The van der Waals surface area contributed by atoms with Crippen molar-refractivity contribution in [3.8, 4) is 11.4 Å². The third-order valence-electron chi connectivity index (χ3n) is 5.72. The number of halogens is 4. The number of ether oxygens (including phenoxy) is 1. The lowest BCUT2D eigenvalue weighted by molar-refractivity contribution is -0.0892. The second-order valence-electron chi connectivity index (χ2n) is 7.92. The first-order valence-electron chi connectivity index (χ1n) is 10.4. The first kappa shape index (κ1) is 23.6. The molecule has 0 fully saturated rings. The number of rotatable bonds is 6. The summed E-state index contributed by atoms with van der Waals surface area (Å²) < 4.78 is 65.4. The van der Waals surface area contributed by atoms with Gasteiger partial charge in [0.2, 0.25) is 5.82 Å². The average molecular weight is 476 g/mol. The molecule has 1 aromatic heterocycles. The normalized spacial score (nSPS) is 18.7. The second-order valence-corrected chi connectivity index (χ2v) is 7.92. The van der Waals surface area contributed by atoms with Gasteiger partial charge in [-0.15, -0.1) is 0 Å². The number of carboxylic acids is 1. The van der Waals surface area contributed by atoms with Crippen LogP contribution in [0, 0.1) is 11.7 Å². The van der Waals surface area contributed by atoms with E-state index in [0.717, 1.165) is 18.2 Å². The fourth-order valence-corrected chi connectivity index (χ4v) is 4.15.